The highest BCUT2D eigenvalue weighted by molar-refractivity contribution is 5.93. The fourth-order valence-corrected chi connectivity index (χ4v) is 5.80. The summed E-state index contributed by atoms with van der Waals surface area (Å²) in [4.78, 5) is 43.4. The molecule has 9 nitrogen and oxygen atoms in total. The second-order valence-electron chi connectivity index (χ2n) is 9.44. The summed E-state index contributed by atoms with van der Waals surface area (Å²) in [6.45, 7) is 2.24. The fraction of sp³-hybridized carbons (Fsp3) is 0.462. The van der Waals surface area contributed by atoms with Crippen LogP contribution in [0.2, 0.25) is 0 Å². The zero-order valence-electron chi connectivity index (χ0n) is 19.7. The largest absolute Gasteiger partial charge is 0.459 e. The Morgan fingerprint density at radius 1 is 1.03 bits per heavy atom. The summed E-state index contributed by atoms with van der Waals surface area (Å²) < 4.78 is 5.24. The van der Waals surface area contributed by atoms with Crippen LogP contribution in [0.25, 0.3) is 0 Å². The van der Waals surface area contributed by atoms with E-state index in [-0.39, 0.29) is 29.3 Å². The number of benzene rings is 1. The summed E-state index contributed by atoms with van der Waals surface area (Å²) in [6.07, 6.45) is 5.84. The van der Waals surface area contributed by atoms with E-state index in [0.717, 1.165) is 31.2 Å². The van der Waals surface area contributed by atoms with Gasteiger partial charge in [0.15, 0.2) is 5.76 Å². The number of nitrogens with zero attached hydrogens (tertiary/aromatic N) is 4. The molecule has 1 saturated heterocycles. The number of hydrogen-bond acceptors (Lipinski definition) is 6. The van der Waals surface area contributed by atoms with Crippen molar-refractivity contribution < 1.29 is 18.9 Å². The lowest BCUT2D eigenvalue weighted by Gasteiger charge is -2.47. The van der Waals surface area contributed by atoms with Gasteiger partial charge in [-0.25, -0.2) is 0 Å². The van der Waals surface area contributed by atoms with Gasteiger partial charge in [0.2, 0.25) is 0 Å². The number of piperazine rings is 1. The summed E-state index contributed by atoms with van der Waals surface area (Å²) in [6, 6.07) is 13.2. The Bertz CT molecular complexity index is 1110. The van der Waals surface area contributed by atoms with E-state index in [1.54, 1.807) is 21.9 Å². The van der Waals surface area contributed by atoms with E-state index in [4.69, 9.17) is 4.42 Å². The molecule has 1 aromatic carbocycles. The van der Waals surface area contributed by atoms with Crippen molar-refractivity contribution in [2.24, 2.45) is 5.92 Å². The summed E-state index contributed by atoms with van der Waals surface area (Å²) in [5.41, 5.74) is 1.40. The molecule has 2 aromatic rings. The molecule has 2 aliphatic heterocycles. The maximum atomic E-state index is 13.5. The second-order valence-corrected chi connectivity index (χ2v) is 9.44. The van der Waals surface area contributed by atoms with Crippen molar-refractivity contribution in [2.45, 2.75) is 38.1 Å². The summed E-state index contributed by atoms with van der Waals surface area (Å²) >= 11 is 0. The number of hydrogen-bond donors (Lipinski definition) is 0. The van der Waals surface area contributed by atoms with Gasteiger partial charge in [-0.05, 0) is 37.0 Å². The monoisotopic (exact) mass is 478 g/mol. The van der Waals surface area contributed by atoms with E-state index in [1.807, 2.05) is 35.2 Å². The van der Waals surface area contributed by atoms with Gasteiger partial charge < -0.3 is 19.1 Å². The molecule has 5 rings (SSSR count). The zero-order valence-corrected chi connectivity index (χ0v) is 19.7. The molecule has 0 bridgehead atoms. The molecular formula is C26H30N4O5. The van der Waals surface area contributed by atoms with E-state index in [0.29, 0.717) is 44.8 Å². The summed E-state index contributed by atoms with van der Waals surface area (Å²) in [5.74, 6) is -0.415. The van der Waals surface area contributed by atoms with Crippen LogP contribution in [0, 0.1) is 16.0 Å². The first kappa shape index (κ1) is 23.1. The van der Waals surface area contributed by atoms with E-state index in [2.05, 4.69) is 0 Å². The van der Waals surface area contributed by atoms with Crippen LogP contribution in [0.4, 0.5) is 0 Å². The Morgan fingerprint density at radius 2 is 1.77 bits per heavy atom. The first-order valence-corrected chi connectivity index (χ1v) is 12.4. The van der Waals surface area contributed by atoms with Gasteiger partial charge in [0, 0.05) is 44.7 Å². The van der Waals surface area contributed by atoms with Gasteiger partial charge in [-0.2, -0.15) is 0 Å². The van der Waals surface area contributed by atoms with Crippen LogP contribution < -0.4 is 0 Å². The van der Waals surface area contributed by atoms with Gasteiger partial charge in [0.05, 0.1) is 11.2 Å². The van der Waals surface area contributed by atoms with Gasteiger partial charge in [-0.1, -0.05) is 43.2 Å². The van der Waals surface area contributed by atoms with Crippen LogP contribution in [-0.2, 0) is 11.2 Å². The minimum Gasteiger partial charge on any atom is -0.459 e. The molecule has 0 N–H and O–H groups in total. The number of carbonyl (C=O) groups is 2. The summed E-state index contributed by atoms with van der Waals surface area (Å²) in [7, 11) is 0. The Morgan fingerprint density at radius 3 is 2.46 bits per heavy atom. The second kappa shape index (κ2) is 9.93. The van der Waals surface area contributed by atoms with Crippen molar-refractivity contribution in [3.05, 3.63) is 81.6 Å². The molecule has 2 atom stereocenters. The molecule has 2 fully saturated rings. The van der Waals surface area contributed by atoms with Crippen molar-refractivity contribution in [3.8, 4) is 0 Å². The molecule has 35 heavy (non-hydrogen) atoms. The number of fused-ring (bicyclic) bond motifs is 1. The van der Waals surface area contributed by atoms with Gasteiger partial charge in [-0.15, -0.1) is 0 Å². The predicted octanol–water partition coefficient (Wildman–Crippen LogP) is 3.17. The minimum atomic E-state index is -0.488. The van der Waals surface area contributed by atoms with Crippen LogP contribution in [0.15, 0.2) is 64.5 Å². The van der Waals surface area contributed by atoms with Gasteiger partial charge in [0.25, 0.3) is 5.91 Å². The quantitative estimate of drug-likeness (QED) is 0.467. The van der Waals surface area contributed by atoms with Crippen molar-refractivity contribution in [3.63, 3.8) is 0 Å². The highest BCUT2D eigenvalue weighted by atomic mass is 16.6. The van der Waals surface area contributed by atoms with Crippen molar-refractivity contribution in [1.82, 2.24) is 14.7 Å². The summed E-state index contributed by atoms with van der Waals surface area (Å²) in [5, 5.41) is 12.2. The third kappa shape index (κ3) is 4.54. The van der Waals surface area contributed by atoms with Crippen LogP contribution in [0.1, 0.15) is 41.8 Å². The van der Waals surface area contributed by atoms with Crippen LogP contribution in [-0.4, -0.2) is 70.2 Å². The molecule has 184 valence electrons. The van der Waals surface area contributed by atoms with E-state index in [1.165, 1.54) is 6.26 Å². The molecule has 3 aliphatic rings. The van der Waals surface area contributed by atoms with Crippen molar-refractivity contribution in [2.75, 3.05) is 32.7 Å². The Labute approximate surface area is 204 Å². The Kier molecular flexibility index (Phi) is 6.57. The number of nitro groups is 1. The highest BCUT2D eigenvalue weighted by Gasteiger charge is 2.49. The minimum absolute atomic E-state index is 0.0264. The van der Waals surface area contributed by atoms with Gasteiger partial charge in [-0.3, -0.25) is 19.7 Å². The normalized spacial score (nSPS) is 22.9. The van der Waals surface area contributed by atoms with Crippen molar-refractivity contribution >= 4 is 11.8 Å². The third-order valence-electron chi connectivity index (χ3n) is 7.49. The number of furan rings is 1. The molecule has 1 aliphatic carbocycles. The van der Waals surface area contributed by atoms with E-state index in [9.17, 15) is 19.7 Å². The molecule has 1 aromatic heterocycles. The van der Waals surface area contributed by atoms with E-state index >= 15 is 0 Å². The predicted molar refractivity (Wildman–Crippen MR) is 128 cm³/mol. The lowest BCUT2D eigenvalue weighted by atomic mass is 9.77. The third-order valence-corrected chi connectivity index (χ3v) is 7.49. The first-order valence-electron chi connectivity index (χ1n) is 12.4. The SMILES string of the molecule is O=C(c1ccco1)N1CCN(C2=C([N+](=O)[O-])C(=O)N(CCc3ccccc3)C3CCCCC23)CC1. The lowest BCUT2D eigenvalue weighted by Crippen LogP contribution is -2.57. The van der Waals surface area contributed by atoms with Gasteiger partial charge in [0.1, 0.15) is 5.70 Å². The maximum absolute atomic E-state index is 13.5. The Hall–Kier alpha value is -3.62. The fourth-order valence-electron chi connectivity index (χ4n) is 5.80. The molecular weight excluding hydrogens is 448 g/mol. The number of carbonyl (C=O) groups excluding carboxylic acids is 2. The molecule has 1 saturated carbocycles. The molecule has 2 amide bonds. The number of amides is 2. The van der Waals surface area contributed by atoms with Gasteiger partial charge >= 0.3 is 11.6 Å². The highest BCUT2D eigenvalue weighted by Crippen LogP contribution is 2.41. The maximum Gasteiger partial charge on any atom is 0.352 e. The standard InChI is InChI=1S/C26H30N4O5/c31-25(22-11-6-18-35-22)28-16-14-27(15-17-28)23-20-9-4-5-10-21(20)29(26(32)24(23)30(33)34)13-12-19-7-2-1-3-8-19/h1-3,6-8,11,18,20-21H,4-5,9-10,12-17H2. The topological polar surface area (TPSA) is 100 Å². The molecule has 3 heterocycles. The smallest absolute Gasteiger partial charge is 0.352 e. The molecule has 9 heteroatoms. The average Bonchev–Trinajstić information content (AvgIpc) is 3.43. The Balaban J connectivity index is 1.38. The first-order chi connectivity index (χ1) is 17.0. The molecule has 0 radical (unpaired) electrons. The van der Waals surface area contributed by atoms with Crippen LogP contribution >= 0.6 is 0 Å². The zero-order chi connectivity index (χ0) is 24.4. The lowest BCUT2D eigenvalue weighted by molar-refractivity contribution is -0.424. The average molecular weight is 479 g/mol. The molecule has 0 spiro atoms. The van der Waals surface area contributed by atoms with Crippen LogP contribution in [0.5, 0.6) is 0 Å². The van der Waals surface area contributed by atoms with Crippen LogP contribution in [0.3, 0.4) is 0 Å². The number of rotatable bonds is 6. The van der Waals surface area contributed by atoms with E-state index < -0.39 is 10.8 Å². The molecule has 2 unspecified atom stereocenters. The van der Waals surface area contributed by atoms with Crippen molar-refractivity contribution in [1.29, 1.82) is 0 Å².